The molecule has 0 fully saturated rings. The average molecular weight is 299 g/mol. The fraction of sp³-hybridized carbons (Fsp3) is 0.467. The lowest BCUT2D eigenvalue weighted by atomic mass is 9.86. The molecular formula is C15H19ClO4. The first-order valence-corrected chi connectivity index (χ1v) is 6.93. The summed E-state index contributed by atoms with van der Waals surface area (Å²) in [6.07, 6.45) is 0.754. The number of carbonyl (C=O) groups excluding carboxylic acids is 1. The molecule has 1 atom stereocenters. The van der Waals surface area contributed by atoms with Gasteiger partial charge in [-0.2, -0.15) is 0 Å². The van der Waals surface area contributed by atoms with E-state index in [1.165, 1.54) is 6.07 Å². The first kappa shape index (κ1) is 16.5. The van der Waals surface area contributed by atoms with Crippen molar-refractivity contribution >= 4 is 23.4 Å². The van der Waals surface area contributed by atoms with Gasteiger partial charge in [0.05, 0.1) is 5.02 Å². The van der Waals surface area contributed by atoms with Crippen molar-refractivity contribution in [3.63, 3.8) is 0 Å². The van der Waals surface area contributed by atoms with E-state index in [4.69, 9.17) is 21.4 Å². The van der Waals surface area contributed by atoms with E-state index in [0.717, 1.165) is 6.42 Å². The number of carboxylic acid groups (broad SMARTS) is 1. The van der Waals surface area contributed by atoms with E-state index in [2.05, 4.69) is 0 Å². The SMILES string of the molecule is CCC(C(=O)c1ccc(OCC(=O)O)cc1Cl)C(C)C. The van der Waals surface area contributed by atoms with Gasteiger partial charge in [0.15, 0.2) is 12.4 Å². The topological polar surface area (TPSA) is 63.6 Å². The molecule has 5 heteroatoms. The molecule has 0 saturated heterocycles. The minimum Gasteiger partial charge on any atom is -0.482 e. The van der Waals surface area contributed by atoms with Gasteiger partial charge < -0.3 is 9.84 Å². The zero-order valence-corrected chi connectivity index (χ0v) is 12.6. The zero-order valence-electron chi connectivity index (χ0n) is 11.9. The summed E-state index contributed by atoms with van der Waals surface area (Å²) in [5.41, 5.74) is 0.454. The summed E-state index contributed by atoms with van der Waals surface area (Å²) >= 11 is 6.10. The standard InChI is InChI=1S/C15H19ClO4/c1-4-11(9(2)3)15(19)12-6-5-10(7-13(12)16)20-8-14(17)18/h5-7,9,11H,4,8H2,1-3H3,(H,17,18). The summed E-state index contributed by atoms with van der Waals surface area (Å²) in [6.45, 7) is 5.54. The lowest BCUT2D eigenvalue weighted by molar-refractivity contribution is -0.139. The Labute approximate surface area is 123 Å². The number of Topliss-reactive ketones (excluding diaryl/α,β-unsaturated/α-hetero) is 1. The number of benzene rings is 1. The van der Waals surface area contributed by atoms with E-state index in [1.807, 2.05) is 20.8 Å². The van der Waals surface area contributed by atoms with Gasteiger partial charge in [0.2, 0.25) is 0 Å². The smallest absolute Gasteiger partial charge is 0.341 e. The van der Waals surface area contributed by atoms with Gasteiger partial charge in [-0.1, -0.05) is 32.4 Å². The fourth-order valence-corrected chi connectivity index (χ4v) is 2.35. The normalized spacial score (nSPS) is 12.2. The highest BCUT2D eigenvalue weighted by Crippen LogP contribution is 2.28. The summed E-state index contributed by atoms with van der Waals surface area (Å²) in [7, 11) is 0. The van der Waals surface area contributed by atoms with Gasteiger partial charge in [-0.25, -0.2) is 4.79 Å². The van der Waals surface area contributed by atoms with Crippen LogP contribution in [0.25, 0.3) is 0 Å². The number of carbonyl (C=O) groups is 2. The molecular weight excluding hydrogens is 280 g/mol. The van der Waals surface area contributed by atoms with Crippen molar-refractivity contribution in [2.24, 2.45) is 11.8 Å². The second-order valence-corrected chi connectivity index (χ2v) is 5.35. The molecule has 4 nitrogen and oxygen atoms in total. The summed E-state index contributed by atoms with van der Waals surface area (Å²) in [5, 5.41) is 8.83. The van der Waals surface area contributed by atoms with E-state index in [1.54, 1.807) is 12.1 Å². The monoisotopic (exact) mass is 298 g/mol. The van der Waals surface area contributed by atoms with Crippen LogP contribution in [0.1, 0.15) is 37.6 Å². The van der Waals surface area contributed by atoms with Crippen LogP contribution in [0.5, 0.6) is 5.75 Å². The number of carboxylic acids is 1. The Bertz CT molecular complexity index is 497. The molecule has 0 saturated carbocycles. The molecule has 1 rings (SSSR count). The Morgan fingerprint density at radius 2 is 2.00 bits per heavy atom. The van der Waals surface area contributed by atoms with Crippen molar-refractivity contribution in [3.8, 4) is 5.75 Å². The molecule has 0 amide bonds. The first-order chi connectivity index (χ1) is 9.36. The number of halogens is 1. The largest absolute Gasteiger partial charge is 0.482 e. The van der Waals surface area contributed by atoms with Gasteiger partial charge >= 0.3 is 5.97 Å². The van der Waals surface area contributed by atoms with Crippen LogP contribution in [0, 0.1) is 11.8 Å². The van der Waals surface area contributed by atoms with Crippen LogP contribution in [0.15, 0.2) is 18.2 Å². The molecule has 0 radical (unpaired) electrons. The molecule has 20 heavy (non-hydrogen) atoms. The van der Waals surface area contributed by atoms with Crippen LogP contribution in [0.4, 0.5) is 0 Å². The lowest BCUT2D eigenvalue weighted by Crippen LogP contribution is -2.20. The van der Waals surface area contributed by atoms with E-state index in [-0.39, 0.29) is 22.6 Å². The third kappa shape index (κ3) is 4.23. The van der Waals surface area contributed by atoms with Crippen molar-refractivity contribution in [2.45, 2.75) is 27.2 Å². The van der Waals surface area contributed by atoms with E-state index in [9.17, 15) is 9.59 Å². The third-order valence-corrected chi connectivity index (χ3v) is 3.46. The second kappa shape index (κ2) is 7.29. The molecule has 0 aromatic heterocycles. The Morgan fingerprint density at radius 3 is 2.45 bits per heavy atom. The Morgan fingerprint density at radius 1 is 1.35 bits per heavy atom. The number of ketones is 1. The fourth-order valence-electron chi connectivity index (χ4n) is 2.09. The number of hydrogen-bond acceptors (Lipinski definition) is 3. The minimum atomic E-state index is -1.06. The molecule has 0 aliphatic heterocycles. The maximum absolute atomic E-state index is 12.4. The molecule has 0 spiro atoms. The van der Waals surface area contributed by atoms with Gasteiger partial charge in [0, 0.05) is 11.5 Å². The van der Waals surface area contributed by atoms with Crippen molar-refractivity contribution in [1.82, 2.24) is 0 Å². The number of ether oxygens (including phenoxy) is 1. The molecule has 1 aromatic carbocycles. The summed E-state index contributed by atoms with van der Waals surface area (Å²) < 4.78 is 5.02. The molecule has 1 unspecified atom stereocenters. The summed E-state index contributed by atoms with van der Waals surface area (Å²) in [5.74, 6) is -0.541. The molecule has 1 N–H and O–H groups in total. The molecule has 0 aliphatic rings. The third-order valence-electron chi connectivity index (χ3n) is 3.15. The summed E-state index contributed by atoms with van der Waals surface area (Å²) in [4.78, 5) is 22.8. The Balaban J connectivity index is 2.92. The highest BCUT2D eigenvalue weighted by molar-refractivity contribution is 6.34. The minimum absolute atomic E-state index is 0.0114. The van der Waals surface area contributed by atoms with Crippen LogP contribution in [-0.2, 0) is 4.79 Å². The van der Waals surface area contributed by atoms with Crippen molar-refractivity contribution in [3.05, 3.63) is 28.8 Å². The Kier molecular flexibility index (Phi) is 6.02. The van der Waals surface area contributed by atoms with Crippen molar-refractivity contribution in [2.75, 3.05) is 6.61 Å². The molecule has 0 heterocycles. The van der Waals surface area contributed by atoms with Gasteiger partial charge in [-0.15, -0.1) is 0 Å². The maximum Gasteiger partial charge on any atom is 0.341 e. The second-order valence-electron chi connectivity index (χ2n) is 4.95. The Hall–Kier alpha value is -1.55. The van der Waals surface area contributed by atoms with Crippen molar-refractivity contribution < 1.29 is 19.4 Å². The molecule has 0 bridgehead atoms. The lowest BCUT2D eigenvalue weighted by Gasteiger charge is -2.18. The predicted molar refractivity (Wildman–Crippen MR) is 77.5 cm³/mol. The predicted octanol–water partition coefficient (Wildman–Crippen LogP) is 3.67. The van der Waals surface area contributed by atoms with Crippen LogP contribution in [0.3, 0.4) is 0 Å². The van der Waals surface area contributed by atoms with Gasteiger partial charge in [-0.3, -0.25) is 4.79 Å². The van der Waals surface area contributed by atoms with Crippen LogP contribution >= 0.6 is 11.6 Å². The molecule has 1 aromatic rings. The highest BCUT2D eigenvalue weighted by Gasteiger charge is 2.23. The van der Waals surface area contributed by atoms with Gasteiger partial charge in [-0.05, 0) is 30.5 Å². The average Bonchev–Trinajstić information content (AvgIpc) is 2.36. The van der Waals surface area contributed by atoms with E-state index < -0.39 is 12.6 Å². The molecule has 110 valence electrons. The summed E-state index contributed by atoms with van der Waals surface area (Å²) in [6, 6.07) is 4.63. The quantitative estimate of drug-likeness (QED) is 0.780. The number of aliphatic carboxylic acids is 1. The number of hydrogen-bond donors (Lipinski definition) is 1. The first-order valence-electron chi connectivity index (χ1n) is 6.55. The highest BCUT2D eigenvalue weighted by atomic mass is 35.5. The maximum atomic E-state index is 12.4. The number of rotatable bonds is 7. The van der Waals surface area contributed by atoms with E-state index >= 15 is 0 Å². The van der Waals surface area contributed by atoms with Gasteiger partial charge in [0.25, 0.3) is 0 Å². The molecule has 0 aliphatic carbocycles. The van der Waals surface area contributed by atoms with Crippen LogP contribution < -0.4 is 4.74 Å². The van der Waals surface area contributed by atoms with Crippen molar-refractivity contribution in [1.29, 1.82) is 0 Å². The van der Waals surface area contributed by atoms with Gasteiger partial charge in [0.1, 0.15) is 5.75 Å². The zero-order chi connectivity index (χ0) is 15.3. The van der Waals surface area contributed by atoms with Crippen LogP contribution in [-0.4, -0.2) is 23.5 Å². The van der Waals surface area contributed by atoms with Crippen LogP contribution in [0.2, 0.25) is 5.02 Å². The van der Waals surface area contributed by atoms with E-state index in [0.29, 0.717) is 11.3 Å².